The number of carbonyl (C=O) groups is 3. The van der Waals surface area contributed by atoms with Crippen LogP contribution in [-0.2, 0) is 58.9 Å². The molecule has 0 saturated heterocycles. The van der Waals surface area contributed by atoms with Crippen molar-refractivity contribution in [2.24, 2.45) is 19.8 Å². The van der Waals surface area contributed by atoms with Crippen LogP contribution in [0, 0.1) is 0 Å². The molecule has 58 heavy (non-hydrogen) atoms. The van der Waals surface area contributed by atoms with Gasteiger partial charge in [-0.15, -0.1) is 0 Å². The highest BCUT2D eigenvalue weighted by atomic mass is 35.5. The minimum atomic E-state index is -0.585. The number of nitrogens with two attached hydrogens (primary N) is 1. The van der Waals surface area contributed by atoms with Crippen molar-refractivity contribution in [3.8, 4) is 22.5 Å². The number of benzene rings is 2. The molecule has 0 amide bonds. The van der Waals surface area contributed by atoms with E-state index in [0.717, 1.165) is 39.3 Å². The summed E-state index contributed by atoms with van der Waals surface area (Å²) in [6, 6.07) is 29.3. The van der Waals surface area contributed by atoms with E-state index in [1.165, 1.54) is 0 Å². The molecular formula is C44H48Cl2N8O4. The number of aryl methyl sites for hydroxylation is 2. The second-order valence-corrected chi connectivity index (χ2v) is 15.6. The zero-order valence-corrected chi connectivity index (χ0v) is 34.7. The first-order valence-corrected chi connectivity index (χ1v) is 19.5. The Morgan fingerprint density at radius 2 is 1.17 bits per heavy atom. The van der Waals surface area contributed by atoms with E-state index in [2.05, 4.69) is 25.5 Å². The van der Waals surface area contributed by atoms with Crippen LogP contribution in [-0.4, -0.2) is 71.3 Å². The van der Waals surface area contributed by atoms with E-state index in [-0.39, 0.29) is 31.0 Å². The van der Waals surface area contributed by atoms with E-state index < -0.39 is 23.7 Å². The Bertz CT molecular complexity index is 2310. The van der Waals surface area contributed by atoms with Gasteiger partial charge in [0.15, 0.2) is 11.6 Å². The second kappa shape index (κ2) is 20.2. The van der Waals surface area contributed by atoms with Gasteiger partial charge < -0.3 is 10.5 Å². The summed E-state index contributed by atoms with van der Waals surface area (Å²) >= 11 is 11.9. The normalized spacial score (nSPS) is 12.3. The van der Waals surface area contributed by atoms with E-state index in [0.29, 0.717) is 28.8 Å². The average Bonchev–Trinajstić information content (AvgIpc) is 3.74. The molecule has 2 aromatic carbocycles. The van der Waals surface area contributed by atoms with Crippen molar-refractivity contribution in [1.29, 1.82) is 0 Å². The van der Waals surface area contributed by atoms with Crippen LogP contribution in [0.3, 0.4) is 0 Å². The summed E-state index contributed by atoms with van der Waals surface area (Å²) in [5.74, 6) is -0.443. The third kappa shape index (κ3) is 13.3. The second-order valence-electron chi connectivity index (χ2n) is 14.8. The quantitative estimate of drug-likeness (QED) is 0.0853. The van der Waals surface area contributed by atoms with Gasteiger partial charge in [-0.05, 0) is 81.1 Å². The molecular weight excluding hydrogens is 775 g/mol. The molecule has 0 radical (unpaired) electrons. The summed E-state index contributed by atoms with van der Waals surface area (Å²) < 4.78 is 8.77. The lowest BCUT2D eigenvalue weighted by Crippen LogP contribution is -2.43. The third-order valence-corrected chi connectivity index (χ3v) is 9.42. The van der Waals surface area contributed by atoms with Crippen LogP contribution >= 0.6 is 23.2 Å². The number of hydrogen-bond donors (Lipinski definition) is 2. The predicted molar refractivity (Wildman–Crippen MR) is 226 cm³/mol. The molecule has 0 saturated carbocycles. The van der Waals surface area contributed by atoms with Crippen LogP contribution < -0.4 is 11.1 Å². The fraction of sp³-hybridized carbons (Fsp3) is 0.295. The van der Waals surface area contributed by atoms with E-state index in [1.54, 1.807) is 40.9 Å². The van der Waals surface area contributed by atoms with Crippen molar-refractivity contribution >= 4 is 40.7 Å². The molecule has 14 heteroatoms. The van der Waals surface area contributed by atoms with Gasteiger partial charge in [-0.2, -0.15) is 10.2 Å². The molecule has 2 atom stereocenters. The molecule has 0 aliphatic carbocycles. The summed E-state index contributed by atoms with van der Waals surface area (Å²) in [4.78, 5) is 45.9. The SMILES string of the molecule is Cn1nc(-c2ccnc(Cl)c2)cc1CC(=O)[C@@H](N)Cc1ccccc1.Cn1nc(-c2ccnc(Cl)c2)cc1CC(=O)[C@H](Cc1ccccc1)NCC(=O)OC(C)(C)C. The number of halogens is 2. The molecule has 0 bridgehead atoms. The van der Waals surface area contributed by atoms with Gasteiger partial charge in [-0.1, -0.05) is 83.9 Å². The lowest BCUT2D eigenvalue weighted by molar-refractivity contribution is -0.153. The Morgan fingerprint density at radius 3 is 1.64 bits per heavy atom. The number of nitrogens with one attached hydrogen (secondary N) is 1. The Morgan fingerprint density at radius 1 is 0.707 bits per heavy atom. The topological polar surface area (TPSA) is 160 Å². The Hall–Kier alpha value is -5.53. The smallest absolute Gasteiger partial charge is 0.320 e. The van der Waals surface area contributed by atoms with Crippen LogP contribution in [0.25, 0.3) is 22.5 Å². The minimum Gasteiger partial charge on any atom is -0.459 e. The van der Waals surface area contributed by atoms with Crippen molar-refractivity contribution < 1.29 is 19.1 Å². The molecule has 3 N–H and O–H groups in total. The zero-order chi connectivity index (χ0) is 41.8. The largest absolute Gasteiger partial charge is 0.459 e. The Labute approximate surface area is 348 Å². The molecule has 4 aromatic heterocycles. The monoisotopic (exact) mass is 822 g/mol. The van der Waals surface area contributed by atoms with Gasteiger partial charge in [-0.25, -0.2) is 9.97 Å². The maximum atomic E-state index is 13.3. The minimum absolute atomic E-state index is 0.00818. The Kier molecular flexibility index (Phi) is 15.2. The summed E-state index contributed by atoms with van der Waals surface area (Å²) in [6.45, 7) is 5.39. The van der Waals surface area contributed by atoms with E-state index in [1.807, 2.05) is 113 Å². The maximum absolute atomic E-state index is 13.3. The fourth-order valence-electron chi connectivity index (χ4n) is 6.08. The highest BCUT2D eigenvalue weighted by molar-refractivity contribution is 6.29. The van der Waals surface area contributed by atoms with Gasteiger partial charge in [0, 0.05) is 49.0 Å². The summed E-state index contributed by atoms with van der Waals surface area (Å²) in [6.07, 6.45) is 4.66. The average molecular weight is 824 g/mol. The van der Waals surface area contributed by atoms with E-state index in [9.17, 15) is 14.4 Å². The van der Waals surface area contributed by atoms with Crippen LogP contribution in [0.4, 0.5) is 0 Å². The number of carbonyl (C=O) groups excluding carboxylic acids is 3. The zero-order valence-electron chi connectivity index (χ0n) is 33.2. The first-order chi connectivity index (χ1) is 27.6. The molecule has 302 valence electrons. The molecule has 4 heterocycles. The molecule has 0 aliphatic rings. The van der Waals surface area contributed by atoms with Crippen molar-refractivity contribution in [3.63, 3.8) is 0 Å². The maximum Gasteiger partial charge on any atom is 0.320 e. The third-order valence-electron chi connectivity index (χ3n) is 9.00. The number of hydrogen-bond acceptors (Lipinski definition) is 10. The number of nitrogens with zero attached hydrogens (tertiary/aromatic N) is 6. The molecule has 0 aliphatic heterocycles. The van der Waals surface area contributed by atoms with Gasteiger partial charge in [0.25, 0.3) is 0 Å². The highest BCUT2D eigenvalue weighted by Gasteiger charge is 2.24. The van der Waals surface area contributed by atoms with Crippen molar-refractivity contribution in [2.75, 3.05) is 6.54 Å². The molecule has 0 spiro atoms. The number of esters is 1. The van der Waals surface area contributed by atoms with Crippen molar-refractivity contribution in [1.82, 2.24) is 34.8 Å². The number of Topliss-reactive ketones (excluding diaryl/α,β-unsaturated/α-hetero) is 2. The number of aromatic nitrogens is 6. The lowest BCUT2D eigenvalue weighted by Gasteiger charge is -2.22. The fourth-order valence-corrected chi connectivity index (χ4v) is 6.42. The van der Waals surface area contributed by atoms with Crippen LogP contribution in [0.2, 0.25) is 10.3 Å². The number of ketones is 2. The lowest BCUT2D eigenvalue weighted by atomic mass is 9.99. The number of ether oxygens (including phenoxy) is 1. The molecule has 6 aromatic rings. The van der Waals surface area contributed by atoms with Crippen molar-refractivity contribution in [3.05, 3.63) is 142 Å². The molecule has 0 fully saturated rings. The number of rotatable bonds is 15. The summed E-state index contributed by atoms with van der Waals surface area (Å²) in [7, 11) is 3.62. The Balaban J connectivity index is 0.000000229. The van der Waals surface area contributed by atoms with Gasteiger partial charge in [0.1, 0.15) is 15.9 Å². The standard InChI is InChI=1S/C25H29ClN4O3.C19H19ClN4O/c1-25(2,3)33-24(32)16-28-21(12-17-8-6-5-7-9-17)22(31)15-19-14-20(29-30(19)4)18-10-11-27-23(26)13-18;1-24-15(11-17(23-24)14-7-8-22-19(20)10-14)12-18(25)16(21)9-13-5-3-2-4-6-13/h5-11,13-14,21,28H,12,15-16H2,1-4H3;2-8,10-11,16H,9,12,21H2,1H3/t21-;16-/m00/s1. The van der Waals surface area contributed by atoms with Gasteiger partial charge in [-0.3, -0.25) is 29.1 Å². The highest BCUT2D eigenvalue weighted by Crippen LogP contribution is 2.23. The molecule has 0 unspecified atom stereocenters. The van der Waals surface area contributed by atoms with Gasteiger partial charge in [0.2, 0.25) is 0 Å². The first kappa shape index (κ1) is 43.6. The molecule has 12 nitrogen and oxygen atoms in total. The van der Waals surface area contributed by atoms with Crippen LogP contribution in [0.15, 0.2) is 109 Å². The van der Waals surface area contributed by atoms with Gasteiger partial charge >= 0.3 is 5.97 Å². The predicted octanol–water partition coefficient (Wildman–Crippen LogP) is 6.61. The summed E-state index contributed by atoms with van der Waals surface area (Å²) in [5.41, 5.74) is 12.3. The van der Waals surface area contributed by atoms with Crippen molar-refractivity contribution in [2.45, 2.75) is 64.1 Å². The first-order valence-electron chi connectivity index (χ1n) is 18.8. The summed E-state index contributed by atoms with van der Waals surface area (Å²) in [5, 5.41) is 12.9. The van der Waals surface area contributed by atoms with Crippen LogP contribution in [0.5, 0.6) is 0 Å². The van der Waals surface area contributed by atoms with Crippen LogP contribution in [0.1, 0.15) is 43.3 Å². The molecule has 6 rings (SSSR count). The van der Waals surface area contributed by atoms with E-state index in [4.69, 9.17) is 33.7 Å². The van der Waals surface area contributed by atoms with Gasteiger partial charge in [0.05, 0.1) is 42.9 Å². The number of pyridine rings is 2. The van der Waals surface area contributed by atoms with E-state index >= 15 is 0 Å².